The second-order valence-electron chi connectivity index (χ2n) is 5.84. The highest BCUT2D eigenvalue weighted by atomic mass is 32.2. The molecule has 0 aromatic carbocycles. The van der Waals surface area contributed by atoms with Crippen LogP contribution in [0.15, 0.2) is 0 Å². The average Bonchev–Trinajstić information content (AvgIpc) is 2.71. The number of nitrogens with zero attached hydrogens (tertiary/aromatic N) is 1. The molecular formula is C17H27N3O8S. The van der Waals surface area contributed by atoms with Gasteiger partial charge in [-0.15, -0.1) is 0 Å². The average molecular weight is 433 g/mol. The van der Waals surface area contributed by atoms with Gasteiger partial charge in [0.1, 0.15) is 18.6 Å². The Kier molecular flexibility index (Phi) is 12.5. The van der Waals surface area contributed by atoms with Crippen LogP contribution in [0, 0.1) is 0 Å². The lowest BCUT2D eigenvalue weighted by Crippen LogP contribution is -2.54. The lowest BCUT2D eigenvalue weighted by atomic mass is 10.1. The minimum absolute atomic E-state index is 0.107. The zero-order valence-corrected chi connectivity index (χ0v) is 17.5. The van der Waals surface area contributed by atoms with Gasteiger partial charge in [-0.1, -0.05) is 25.6 Å². The van der Waals surface area contributed by atoms with Crippen LogP contribution < -0.4 is 11.1 Å². The first-order chi connectivity index (χ1) is 13.6. The third kappa shape index (κ3) is 9.52. The van der Waals surface area contributed by atoms with Gasteiger partial charge in [-0.3, -0.25) is 33.7 Å². The van der Waals surface area contributed by atoms with Crippen molar-refractivity contribution in [3.63, 3.8) is 0 Å². The van der Waals surface area contributed by atoms with E-state index in [2.05, 4.69) is 10.1 Å². The van der Waals surface area contributed by atoms with Gasteiger partial charge >= 0.3 is 11.9 Å². The zero-order valence-electron chi connectivity index (χ0n) is 16.6. The van der Waals surface area contributed by atoms with Crippen LogP contribution in [0.2, 0.25) is 0 Å². The van der Waals surface area contributed by atoms with Crippen LogP contribution in [0.4, 0.5) is 0 Å². The Balaban J connectivity index is 5.55. The molecule has 11 nitrogen and oxygen atoms in total. The summed E-state index contributed by atoms with van der Waals surface area (Å²) in [6.07, 6.45) is -0.373. The number of amides is 3. The summed E-state index contributed by atoms with van der Waals surface area (Å²) in [5, 5.41) is 10.6. The molecule has 0 rings (SSSR count). The van der Waals surface area contributed by atoms with Gasteiger partial charge in [0.25, 0.3) is 0 Å². The molecule has 0 aromatic rings. The molecule has 12 heteroatoms. The van der Waals surface area contributed by atoms with Crippen molar-refractivity contribution in [2.45, 2.75) is 51.6 Å². The predicted molar refractivity (Wildman–Crippen MR) is 104 cm³/mol. The molecule has 0 aliphatic rings. The van der Waals surface area contributed by atoms with Crippen molar-refractivity contribution in [2.24, 2.45) is 5.73 Å². The molecule has 0 saturated carbocycles. The number of aliphatic carboxylic acids is 1. The lowest BCUT2D eigenvalue weighted by molar-refractivity contribution is -0.151. The summed E-state index contributed by atoms with van der Waals surface area (Å²) in [6, 6.07) is -2.47. The number of nitrogens with one attached hydrogen (secondary N) is 1. The van der Waals surface area contributed by atoms with E-state index >= 15 is 0 Å². The standard InChI is InChI=1S/C17H27N3O8S/c1-4-12(21)20(13(22)7-6-10(18)17(27)28-3)11(9-29-15(25)5-2)16(26)19-8-14(23)24/h10-11H,4-9,18H2,1-3H3,(H,19,26)(H,23,24). The Bertz CT molecular complexity index is 640. The number of thioether (sulfide) groups is 1. The Morgan fingerprint density at radius 2 is 1.72 bits per heavy atom. The summed E-state index contributed by atoms with van der Waals surface area (Å²) < 4.78 is 4.47. The molecule has 0 spiro atoms. The van der Waals surface area contributed by atoms with Crippen molar-refractivity contribution in [3.05, 3.63) is 0 Å². The molecular weight excluding hydrogens is 406 g/mol. The van der Waals surface area contributed by atoms with Crippen molar-refractivity contribution in [3.8, 4) is 0 Å². The van der Waals surface area contributed by atoms with Crippen LogP contribution in [0.5, 0.6) is 0 Å². The highest BCUT2D eigenvalue weighted by molar-refractivity contribution is 8.13. The second kappa shape index (κ2) is 13.7. The van der Waals surface area contributed by atoms with Crippen LogP contribution in [0.1, 0.15) is 39.5 Å². The van der Waals surface area contributed by atoms with Crippen molar-refractivity contribution >= 4 is 46.5 Å². The Morgan fingerprint density at radius 1 is 1.10 bits per heavy atom. The van der Waals surface area contributed by atoms with E-state index in [9.17, 15) is 28.8 Å². The van der Waals surface area contributed by atoms with Crippen LogP contribution in [0.25, 0.3) is 0 Å². The van der Waals surface area contributed by atoms with E-state index in [1.165, 1.54) is 6.92 Å². The minimum atomic E-state index is -1.39. The SMILES string of the molecule is CCC(=O)SCC(C(=O)NCC(=O)O)N(C(=O)CC)C(=O)CCC(N)C(=O)OC. The van der Waals surface area contributed by atoms with E-state index in [0.717, 1.165) is 18.9 Å². The minimum Gasteiger partial charge on any atom is -0.480 e. The second-order valence-corrected chi connectivity index (χ2v) is 6.92. The fourth-order valence-electron chi connectivity index (χ4n) is 2.15. The normalized spacial score (nSPS) is 12.4. The molecule has 0 bridgehead atoms. The fraction of sp³-hybridized carbons (Fsp3) is 0.647. The zero-order chi connectivity index (χ0) is 22.6. The Hall–Kier alpha value is -2.47. The first-order valence-electron chi connectivity index (χ1n) is 8.92. The number of ether oxygens (including phenoxy) is 1. The summed E-state index contributed by atoms with van der Waals surface area (Å²) in [6.45, 7) is 2.39. The van der Waals surface area contributed by atoms with Gasteiger partial charge < -0.3 is 20.9 Å². The third-order valence-corrected chi connectivity index (χ3v) is 4.83. The molecule has 0 saturated heterocycles. The largest absolute Gasteiger partial charge is 0.480 e. The third-order valence-electron chi connectivity index (χ3n) is 3.73. The monoisotopic (exact) mass is 433 g/mol. The van der Waals surface area contributed by atoms with E-state index in [1.54, 1.807) is 6.92 Å². The Morgan fingerprint density at radius 3 is 2.21 bits per heavy atom. The van der Waals surface area contributed by atoms with Crippen LogP contribution >= 0.6 is 11.8 Å². The van der Waals surface area contributed by atoms with Crippen LogP contribution in [-0.2, 0) is 33.5 Å². The van der Waals surface area contributed by atoms with Crippen LogP contribution in [-0.4, -0.2) is 76.3 Å². The molecule has 0 aliphatic heterocycles. The van der Waals surface area contributed by atoms with Gasteiger partial charge in [0.2, 0.25) is 17.7 Å². The van der Waals surface area contributed by atoms with Gasteiger partial charge in [-0.05, 0) is 6.42 Å². The topological polar surface area (TPSA) is 173 Å². The number of rotatable bonds is 12. The van der Waals surface area contributed by atoms with E-state index < -0.39 is 48.3 Å². The van der Waals surface area contributed by atoms with Crippen molar-refractivity contribution < 1.29 is 38.6 Å². The number of methoxy groups -OCH3 is 1. The van der Waals surface area contributed by atoms with Gasteiger partial charge in [-0.2, -0.15) is 0 Å². The molecule has 0 aliphatic carbocycles. The van der Waals surface area contributed by atoms with Crippen molar-refractivity contribution in [1.29, 1.82) is 0 Å². The first kappa shape index (κ1) is 26.5. The number of hydrogen-bond donors (Lipinski definition) is 3. The molecule has 0 heterocycles. The summed E-state index contributed by atoms with van der Waals surface area (Å²) in [7, 11) is 1.14. The number of carboxylic acids is 1. The number of carbonyl (C=O) groups is 6. The molecule has 29 heavy (non-hydrogen) atoms. The highest BCUT2D eigenvalue weighted by Crippen LogP contribution is 2.16. The summed E-state index contributed by atoms with van der Waals surface area (Å²) in [5.74, 6) is -4.59. The van der Waals surface area contributed by atoms with Crippen molar-refractivity contribution in [1.82, 2.24) is 10.2 Å². The van der Waals surface area contributed by atoms with Gasteiger partial charge in [0, 0.05) is 25.0 Å². The molecule has 4 N–H and O–H groups in total. The molecule has 3 amide bonds. The van der Waals surface area contributed by atoms with E-state index in [0.29, 0.717) is 4.90 Å². The summed E-state index contributed by atoms with van der Waals surface area (Å²) in [5.41, 5.74) is 5.59. The van der Waals surface area contributed by atoms with E-state index in [4.69, 9.17) is 10.8 Å². The quantitative estimate of drug-likeness (QED) is 0.333. The molecule has 0 aromatic heterocycles. The number of carboxylic acid groups (broad SMARTS) is 1. The maximum atomic E-state index is 12.7. The predicted octanol–water partition coefficient (Wildman–Crippen LogP) is -0.729. The first-order valence-corrected chi connectivity index (χ1v) is 9.90. The van der Waals surface area contributed by atoms with E-state index in [1.807, 2.05) is 0 Å². The molecule has 2 unspecified atom stereocenters. The number of imide groups is 1. The number of nitrogens with two attached hydrogens (primary N) is 1. The Labute approximate surface area is 172 Å². The fourth-order valence-corrected chi connectivity index (χ4v) is 3.00. The maximum absolute atomic E-state index is 12.7. The lowest BCUT2D eigenvalue weighted by Gasteiger charge is -2.29. The molecule has 0 radical (unpaired) electrons. The highest BCUT2D eigenvalue weighted by Gasteiger charge is 2.34. The van der Waals surface area contributed by atoms with Crippen molar-refractivity contribution in [2.75, 3.05) is 19.4 Å². The smallest absolute Gasteiger partial charge is 0.322 e. The molecule has 2 atom stereocenters. The number of carbonyl (C=O) groups excluding carboxylic acids is 5. The molecule has 164 valence electrons. The maximum Gasteiger partial charge on any atom is 0.322 e. The van der Waals surface area contributed by atoms with E-state index in [-0.39, 0.29) is 36.6 Å². The van der Waals surface area contributed by atoms with Gasteiger partial charge in [-0.25, -0.2) is 0 Å². The van der Waals surface area contributed by atoms with Gasteiger partial charge in [0.05, 0.1) is 7.11 Å². The summed E-state index contributed by atoms with van der Waals surface area (Å²) >= 11 is 0.762. The number of esters is 1. The molecule has 0 fully saturated rings. The van der Waals surface area contributed by atoms with Crippen LogP contribution in [0.3, 0.4) is 0 Å². The number of hydrogen-bond acceptors (Lipinski definition) is 9. The van der Waals surface area contributed by atoms with Gasteiger partial charge in [0.15, 0.2) is 5.12 Å². The summed E-state index contributed by atoms with van der Waals surface area (Å²) in [4.78, 5) is 72.0.